The van der Waals surface area contributed by atoms with E-state index in [4.69, 9.17) is 11.1 Å². The Morgan fingerprint density at radius 2 is 2.22 bits per heavy atom. The molecule has 0 saturated heterocycles. The number of thioether (sulfide) groups is 1. The minimum atomic E-state index is 0.477. The summed E-state index contributed by atoms with van der Waals surface area (Å²) in [6.45, 7) is 5.53. The number of hydrogen-bond donors (Lipinski definition) is 2. The molecule has 0 radical (unpaired) electrons. The molecule has 0 spiro atoms. The summed E-state index contributed by atoms with van der Waals surface area (Å²) >= 11 is 1.37. The van der Waals surface area contributed by atoms with Crippen LogP contribution >= 0.6 is 11.8 Å². The molecular formula is C6H8N2S. The van der Waals surface area contributed by atoms with E-state index >= 15 is 0 Å². The summed E-state index contributed by atoms with van der Waals surface area (Å²) in [7, 11) is 0. The van der Waals surface area contributed by atoms with Crippen molar-refractivity contribution in [1.29, 1.82) is 5.41 Å². The van der Waals surface area contributed by atoms with E-state index in [1.165, 1.54) is 11.8 Å². The number of nitrogens with two attached hydrogens (primary N) is 1. The van der Waals surface area contributed by atoms with Gasteiger partial charge >= 0.3 is 0 Å². The van der Waals surface area contributed by atoms with E-state index in [0.29, 0.717) is 16.3 Å². The van der Waals surface area contributed by atoms with Crippen molar-refractivity contribution >= 4 is 16.8 Å². The topological polar surface area (TPSA) is 49.9 Å². The van der Waals surface area contributed by atoms with Crippen LogP contribution in [-0.4, -0.2) is 5.04 Å². The van der Waals surface area contributed by atoms with Crippen molar-refractivity contribution in [1.82, 2.24) is 0 Å². The van der Waals surface area contributed by atoms with Gasteiger partial charge in [0.25, 0.3) is 0 Å². The second kappa shape index (κ2) is 1.92. The van der Waals surface area contributed by atoms with Gasteiger partial charge in [0, 0.05) is 10.5 Å². The van der Waals surface area contributed by atoms with Gasteiger partial charge in [-0.15, -0.1) is 0 Å². The van der Waals surface area contributed by atoms with Gasteiger partial charge < -0.3 is 5.73 Å². The fourth-order valence-corrected chi connectivity index (χ4v) is 1.38. The molecule has 3 heteroatoms. The van der Waals surface area contributed by atoms with Crippen LogP contribution in [0.1, 0.15) is 6.92 Å². The van der Waals surface area contributed by atoms with E-state index < -0.39 is 0 Å². The molecule has 0 aromatic rings. The molecule has 3 N–H and O–H groups in total. The Labute approximate surface area is 58.3 Å². The van der Waals surface area contributed by atoms with Gasteiger partial charge in [-0.2, -0.15) is 0 Å². The van der Waals surface area contributed by atoms with Gasteiger partial charge in [-0.1, -0.05) is 18.3 Å². The van der Waals surface area contributed by atoms with Gasteiger partial charge in [0.15, 0.2) is 0 Å². The van der Waals surface area contributed by atoms with Crippen LogP contribution < -0.4 is 5.73 Å². The average molecular weight is 140 g/mol. The van der Waals surface area contributed by atoms with Crippen molar-refractivity contribution < 1.29 is 0 Å². The fourth-order valence-electron chi connectivity index (χ4n) is 0.604. The molecule has 1 aliphatic heterocycles. The molecule has 0 bridgehead atoms. The molecule has 2 nitrogen and oxygen atoms in total. The average Bonchev–Trinajstić information content (AvgIpc) is 1.98. The second-order valence-corrected chi connectivity index (χ2v) is 3.10. The highest BCUT2D eigenvalue weighted by molar-refractivity contribution is 8.18. The first-order chi connectivity index (χ1) is 4.13. The third kappa shape index (κ3) is 0.876. The van der Waals surface area contributed by atoms with Crippen LogP contribution in [0.2, 0.25) is 0 Å². The minimum Gasteiger partial charge on any atom is -0.398 e. The summed E-state index contributed by atoms with van der Waals surface area (Å²) < 4.78 is 0. The third-order valence-corrected chi connectivity index (χ3v) is 2.21. The van der Waals surface area contributed by atoms with Gasteiger partial charge in [-0.25, -0.2) is 0 Å². The second-order valence-electron chi connectivity index (χ2n) is 1.88. The quantitative estimate of drug-likeness (QED) is 0.535. The predicted molar refractivity (Wildman–Crippen MR) is 41.3 cm³/mol. The zero-order chi connectivity index (χ0) is 7.02. The molecule has 1 heterocycles. The Hall–Kier alpha value is -0.700. The molecular weight excluding hydrogens is 132 g/mol. The SMILES string of the molecule is C=C1C(=N)SC(C)=C1N. The lowest BCUT2D eigenvalue weighted by atomic mass is 10.2. The molecule has 1 aliphatic rings. The van der Waals surface area contributed by atoms with Crippen molar-refractivity contribution in [3.63, 3.8) is 0 Å². The molecule has 0 aromatic carbocycles. The monoisotopic (exact) mass is 140 g/mol. The van der Waals surface area contributed by atoms with Crippen molar-refractivity contribution in [3.8, 4) is 0 Å². The lowest BCUT2D eigenvalue weighted by Crippen LogP contribution is -1.99. The Morgan fingerprint density at radius 3 is 2.33 bits per heavy atom. The molecule has 0 atom stereocenters. The van der Waals surface area contributed by atoms with Crippen LogP contribution in [0.25, 0.3) is 0 Å². The van der Waals surface area contributed by atoms with E-state index in [0.717, 1.165) is 4.91 Å². The highest BCUT2D eigenvalue weighted by Gasteiger charge is 2.17. The fraction of sp³-hybridized carbons (Fsp3) is 0.167. The molecule has 48 valence electrons. The molecule has 0 aliphatic carbocycles. The smallest absolute Gasteiger partial charge is 0.100 e. The predicted octanol–water partition coefficient (Wildman–Crippen LogP) is 1.46. The minimum absolute atomic E-state index is 0.477. The lowest BCUT2D eigenvalue weighted by Gasteiger charge is -1.91. The zero-order valence-corrected chi connectivity index (χ0v) is 6.01. The highest BCUT2D eigenvalue weighted by Crippen LogP contribution is 2.32. The number of allylic oxidation sites excluding steroid dienone is 2. The van der Waals surface area contributed by atoms with E-state index in [-0.39, 0.29) is 0 Å². The maximum atomic E-state index is 7.26. The summed E-state index contributed by atoms with van der Waals surface area (Å²) in [6.07, 6.45) is 0. The molecule has 1 rings (SSSR count). The Kier molecular flexibility index (Phi) is 1.37. The summed E-state index contributed by atoms with van der Waals surface area (Å²) in [4.78, 5) is 0.991. The molecule has 0 unspecified atom stereocenters. The van der Waals surface area contributed by atoms with Crippen molar-refractivity contribution in [3.05, 3.63) is 22.8 Å². The Balaban J connectivity index is 3.01. The summed E-state index contributed by atoms with van der Waals surface area (Å²) in [5.74, 6) is 0. The first-order valence-electron chi connectivity index (χ1n) is 2.55. The van der Waals surface area contributed by atoms with E-state index in [1.54, 1.807) is 0 Å². The zero-order valence-electron chi connectivity index (χ0n) is 5.19. The first-order valence-corrected chi connectivity index (χ1v) is 3.37. The largest absolute Gasteiger partial charge is 0.398 e. The standard InChI is InChI=1S/C6H8N2S/c1-3-5(7)4(2)9-6(3)8/h8H,1,7H2,2H3. The molecule has 0 amide bonds. The molecule has 9 heavy (non-hydrogen) atoms. The van der Waals surface area contributed by atoms with E-state index in [2.05, 4.69) is 6.58 Å². The van der Waals surface area contributed by atoms with Gasteiger partial charge in [-0.05, 0) is 6.92 Å². The van der Waals surface area contributed by atoms with Crippen LogP contribution in [0, 0.1) is 5.41 Å². The normalized spacial score (nSPS) is 19.7. The Morgan fingerprint density at radius 1 is 1.67 bits per heavy atom. The number of rotatable bonds is 0. The maximum absolute atomic E-state index is 7.26. The van der Waals surface area contributed by atoms with Gasteiger partial charge in [0.05, 0.1) is 5.70 Å². The van der Waals surface area contributed by atoms with E-state index in [1.807, 2.05) is 6.92 Å². The number of hydrogen-bond acceptors (Lipinski definition) is 3. The highest BCUT2D eigenvalue weighted by atomic mass is 32.2. The number of nitrogens with one attached hydrogen (secondary N) is 1. The third-order valence-electron chi connectivity index (χ3n) is 1.23. The van der Waals surface area contributed by atoms with Crippen LogP contribution in [0.3, 0.4) is 0 Å². The van der Waals surface area contributed by atoms with Crippen molar-refractivity contribution in [2.45, 2.75) is 6.92 Å². The summed E-state index contributed by atoms with van der Waals surface area (Å²) in [6, 6.07) is 0. The van der Waals surface area contributed by atoms with Gasteiger partial charge in [0.2, 0.25) is 0 Å². The summed E-state index contributed by atoms with van der Waals surface area (Å²) in [5.41, 5.74) is 6.87. The van der Waals surface area contributed by atoms with Crippen LogP contribution in [-0.2, 0) is 0 Å². The van der Waals surface area contributed by atoms with Gasteiger partial charge in [0.1, 0.15) is 5.04 Å². The molecule has 0 saturated carbocycles. The summed E-state index contributed by atoms with van der Waals surface area (Å²) in [5, 5.41) is 7.73. The van der Waals surface area contributed by atoms with Crippen LogP contribution in [0.15, 0.2) is 22.8 Å². The Bertz CT molecular complexity index is 212. The lowest BCUT2D eigenvalue weighted by molar-refractivity contribution is 1.35. The van der Waals surface area contributed by atoms with Crippen molar-refractivity contribution in [2.24, 2.45) is 5.73 Å². The van der Waals surface area contributed by atoms with Crippen LogP contribution in [0.4, 0.5) is 0 Å². The molecule has 0 fully saturated rings. The van der Waals surface area contributed by atoms with Crippen molar-refractivity contribution in [2.75, 3.05) is 0 Å². The maximum Gasteiger partial charge on any atom is 0.100 e. The van der Waals surface area contributed by atoms with Crippen LogP contribution in [0.5, 0.6) is 0 Å². The van der Waals surface area contributed by atoms with E-state index in [9.17, 15) is 0 Å². The van der Waals surface area contributed by atoms with Gasteiger partial charge in [-0.3, -0.25) is 5.41 Å². The first kappa shape index (κ1) is 6.42. The molecule has 0 aromatic heterocycles.